The number of halogens is 6. The van der Waals surface area contributed by atoms with Gasteiger partial charge >= 0.3 is 12.4 Å². The summed E-state index contributed by atoms with van der Waals surface area (Å²) in [6, 6.07) is 12.3. The molecule has 12 heteroatoms. The molecule has 1 saturated heterocycles. The van der Waals surface area contributed by atoms with Gasteiger partial charge in [0.25, 0.3) is 0 Å². The van der Waals surface area contributed by atoms with Crippen LogP contribution in [-0.2, 0) is 12.4 Å². The van der Waals surface area contributed by atoms with Crippen LogP contribution in [0, 0.1) is 0 Å². The van der Waals surface area contributed by atoms with Crippen LogP contribution in [0.3, 0.4) is 0 Å². The van der Waals surface area contributed by atoms with Crippen LogP contribution in [-0.4, -0.2) is 48.3 Å². The highest BCUT2D eigenvalue weighted by Crippen LogP contribution is 2.33. The molecule has 2 aliphatic rings. The van der Waals surface area contributed by atoms with E-state index in [9.17, 15) is 26.3 Å². The van der Waals surface area contributed by atoms with Crippen molar-refractivity contribution >= 4 is 17.2 Å². The fraction of sp³-hybridized carbons (Fsp3) is 0.429. The second-order valence-corrected chi connectivity index (χ2v) is 10.0. The third-order valence-electron chi connectivity index (χ3n) is 7.31. The maximum atomic E-state index is 13.0. The second-order valence-electron chi connectivity index (χ2n) is 10.0. The van der Waals surface area contributed by atoms with Gasteiger partial charge in [0.15, 0.2) is 0 Å². The van der Waals surface area contributed by atoms with Gasteiger partial charge in [-0.1, -0.05) is 6.07 Å². The Morgan fingerprint density at radius 2 is 1.38 bits per heavy atom. The molecule has 1 aliphatic heterocycles. The van der Waals surface area contributed by atoms with Crippen molar-refractivity contribution in [2.45, 2.75) is 50.2 Å². The molecule has 1 aromatic heterocycles. The van der Waals surface area contributed by atoms with E-state index in [-0.39, 0.29) is 12.1 Å². The number of anilines is 3. The number of hydrogen-bond donors (Lipinski definition) is 1. The van der Waals surface area contributed by atoms with Crippen LogP contribution in [0.25, 0.3) is 0 Å². The van der Waals surface area contributed by atoms with Crippen LogP contribution in [0.5, 0.6) is 5.88 Å². The Balaban J connectivity index is 1.10. The van der Waals surface area contributed by atoms with Gasteiger partial charge in [-0.2, -0.15) is 26.3 Å². The van der Waals surface area contributed by atoms with Gasteiger partial charge in [-0.15, -0.1) is 0 Å². The lowest BCUT2D eigenvalue weighted by molar-refractivity contribution is -0.138. The largest absolute Gasteiger partial charge is 0.474 e. The van der Waals surface area contributed by atoms with Crippen LogP contribution in [0.2, 0.25) is 0 Å². The summed E-state index contributed by atoms with van der Waals surface area (Å²) in [5.74, 6) is 1.18. The normalized spacial score (nSPS) is 20.4. The van der Waals surface area contributed by atoms with E-state index in [0.717, 1.165) is 61.5 Å². The first-order chi connectivity index (χ1) is 19.0. The van der Waals surface area contributed by atoms with Gasteiger partial charge in [0, 0.05) is 49.7 Å². The smallest absolute Gasteiger partial charge is 0.416 e. The number of benzene rings is 2. The molecule has 1 saturated carbocycles. The van der Waals surface area contributed by atoms with Crippen molar-refractivity contribution in [3.05, 3.63) is 72.1 Å². The van der Waals surface area contributed by atoms with Gasteiger partial charge in [0.1, 0.15) is 18.2 Å². The van der Waals surface area contributed by atoms with Gasteiger partial charge in [0.05, 0.1) is 11.1 Å². The summed E-state index contributed by atoms with van der Waals surface area (Å²) in [4.78, 5) is 12.8. The van der Waals surface area contributed by atoms with E-state index in [4.69, 9.17) is 4.74 Å². The zero-order chi connectivity index (χ0) is 28.3. The van der Waals surface area contributed by atoms with Gasteiger partial charge < -0.3 is 19.9 Å². The number of hydrogen-bond acceptors (Lipinski definition) is 6. The Kier molecular flexibility index (Phi) is 7.95. The molecule has 0 radical (unpaired) electrons. The fourth-order valence-corrected chi connectivity index (χ4v) is 5.14. The quantitative estimate of drug-likeness (QED) is 0.338. The Bertz CT molecular complexity index is 1270. The minimum absolute atomic E-state index is 0.0566. The van der Waals surface area contributed by atoms with E-state index in [1.807, 2.05) is 4.90 Å². The SMILES string of the molecule is FC(F)(F)c1ccc(N2CCN(c3cc(OC4CCC(Nc5cccc(C(F)(F)F)c5)CC4)ncn3)CC2)cc1. The number of rotatable bonds is 6. The minimum atomic E-state index is -4.38. The first-order valence-corrected chi connectivity index (χ1v) is 13.1. The fourth-order valence-electron chi connectivity index (χ4n) is 5.14. The number of nitrogens with zero attached hydrogens (tertiary/aromatic N) is 4. The molecule has 2 fully saturated rings. The van der Waals surface area contributed by atoms with Crippen molar-refractivity contribution in [2.75, 3.05) is 41.3 Å². The first kappa shape index (κ1) is 27.9. The van der Waals surface area contributed by atoms with Crippen LogP contribution in [0.15, 0.2) is 60.9 Å². The molecule has 214 valence electrons. The highest BCUT2D eigenvalue weighted by molar-refractivity contribution is 5.51. The summed E-state index contributed by atoms with van der Waals surface area (Å²) in [7, 11) is 0. The first-order valence-electron chi connectivity index (χ1n) is 13.1. The topological polar surface area (TPSA) is 53.5 Å². The number of ether oxygens (including phenoxy) is 1. The standard InChI is InChI=1S/C28H29F6N5O/c29-27(30,31)19-4-8-23(9-5-19)38-12-14-39(15-13-38)25-17-26(36-18-35-25)40-24-10-6-21(7-11-24)37-22-3-1-2-20(16-22)28(32,33)34/h1-5,8-9,16-18,21,24,37H,6-7,10-15H2. The lowest BCUT2D eigenvalue weighted by atomic mass is 9.92. The van der Waals surface area contributed by atoms with E-state index >= 15 is 0 Å². The zero-order valence-corrected chi connectivity index (χ0v) is 21.5. The van der Waals surface area contributed by atoms with Gasteiger partial charge in [-0.25, -0.2) is 9.97 Å². The van der Waals surface area contributed by atoms with Crippen LogP contribution in [0.4, 0.5) is 43.5 Å². The molecule has 6 nitrogen and oxygen atoms in total. The Morgan fingerprint density at radius 3 is 2.02 bits per heavy atom. The van der Waals surface area contributed by atoms with E-state index in [1.165, 1.54) is 24.5 Å². The lowest BCUT2D eigenvalue weighted by Gasteiger charge is -2.37. The maximum Gasteiger partial charge on any atom is 0.416 e. The third-order valence-corrected chi connectivity index (χ3v) is 7.31. The number of nitrogens with one attached hydrogen (secondary N) is 1. The highest BCUT2D eigenvalue weighted by atomic mass is 19.4. The average molecular weight is 566 g/mol. The molecule has 0 atom stereocenters. The van der Waals surface area contributed by atoms with Crippen LogP contribution in [0.1, 0.15) is 36.8 Å². The molecule has 0 unspecified atom stereocenters. The predicted molar refractivity (Wildman–Crippen MR) is 140 cm³/mol. The van der Waals surface area contributed by atoms with Gasteiger partial charge in [-0.3, -0.25) is 0 Å². The van der Waals surface area contributed by atoms with Crippen molar-refractivity contribution in [2.24, 2.45) is 0 Å². The predicted octanol–water partition coefficient (Wildman–Crippen LogP) is 6.64. The summed E-state index contributed by atoms with van der Waals surface area (Å²) >= 11 is 0. The van der Waals surface area contributed by atoms with E-state index in [1.54, 1.807) is 12.1 Å². The molecular weight excluding hydrogens is 536 g/mol. The van der Waals surface area contributed by atoms with Crippen molar-refractivity contribution in [3.63, 3.8) is 0 Å². The molecule has 1 N–H and O–H groups in total. The molecule has 40 heavy (non-hydrogen) atoms. The van der Waals surface area contributed by atoms with Crippen LogP contribution >= 0.6 is 0 Å². The molecule has 2 heterocycles. The summed E-state index contributed by atoms with van der Waals surface area (Å²) in [6.07, 6.45) is -4.35. The monoisotopic (exact) mass is 565 g/mol. The number of aromatic nitrogens is 2. The summed E-state index contributed by atoms with van der Waals surface area (Å²) in [5, 5.41) is 3.21. The maximum absolute atomic E-state index is 13.0. The second kappa shape index (κ2) is 11.4. The number of alkyl halides is 6. The zero-order valence-electron chi connectivity index (χ0n) is 21.5. The van der Waals surface area contributed by atoms with E-state index < -0.39 is 23.5 Å². The molecule has 2 aromatic carbocycles. The molecule has 1 aliphatic carbocycles. The van der Waals surface area contributed by atoms with Gasteiger partial charge in [0.2, 0.25) is 5.88 Å². The third kappa shape index (κ3) is 6.89. The van der Waals surface area contributed by atoms with Crippen molar-refractivity contribution in [1.82, 2.24) is 9.97 Å². The summed E-state index contributed by atoms with van der Waals surface area (Å²) in [6.45, 7) is 2.55. The molecule has 0 bridgehead atoms. The van der Waals surface area contributed by atoms with Crippen LogP contribution < -0.4 is 19.9 Å². The van der Waals surface area contributed by atoms with Crippen molar-refractivity contribution in [3.8, 4) is 5.88 Å². The molecule has 3 aromatic rings. The minimum Gasteiger partial charge on any atom is -0.474 e. The lowest BCUT2D eigenvalue weighted by Crippen LogP contribution is -2.46. The Labute approximate surface area is 228 Å². The molecular formula is C28H29F6N5O. The van der Waals surface area contributed by atoms with Gasteiger partial charge in [-0.05, 0) is 68.1 Å². The van der Waals surface area contributed by atoms with E-state index in [2.05, 4.69) is 20.2 Å². The van der Waals surface area contributed by atoms with E-state index in [0.29, 0.717) is 37.7 Å². The molecule has 0 spiro atoms. The Hall–Kier alpha value is -3.70. The van der Waals surface area contributed by atoms with Crippen molar-refractivity contribution < 1.29 is 31.1 Å². The Morgan fingerprint density at radius 1 is 0.725 bits per heavy atom. The highest BCUT2D eigenvalue weighted by Gasteiger charge is 2.32. The molecule has 0 amide bonds. The summed E-state index contributed by atoms with van der Waals surface area (Å²) in [5.41, 5.74) is -0.130. The number of piperazine rings is 1. The average Bonchev–Trinajstić information content (AvgIpc) is 2.94. The molecule has 5 rings (SSSR count). The summed E-state index contributed by atoms with van der Waals surface area (Å²) < 4.78 is 83.6. The van der Waals surface area contributed by atoms with Crippen molar-refractivity contribution in [1.29, 1.82) is 0 Å².